The third-order valence-corrected chi connectivity index (χ3v) is 4.36. The molecule has 7 nitrogen and oxygen atoms in total. The molecule has 0 unspecified atom stereocenters. The number of hydrogen-bond acceptors (Lipinski definition) is 6. The number of sulfonamides is 1. The fourth-order valence-corrected chi connectivity index (χ4v) is 2.67. The van der Waals surface area contributed by atoms with E-state index >= 15 is 0 Å². The summed E-state index contributed by atoms with van der Waals surface area (Å²) < 4.78 is 30.3. The van der Waals surface area contributed by atoms with Gasteiger partial charge in [-0.3, -0.25) is 4.79 Å². The first kappa shape index (κ1) is 14.0. The molecule has 0 spiro atoms. The number of nitrogens with one attached hydrogen (secondary N) is 3. The Bertz CT molecular complexity index is 698. The highest BCUT2D eigenvalue weighted by Gasteiger charge is 2.15. The second-order valence-electron chi connectivity index (χ2n) is 3.71. The van der Waals surface area contributed by atoms with Crippen molar-refractivity contribution in [2.45, 2.75) is 18.2 Å². The second-order valence-corrected chi connectivity index (χ2v) is 6.36. The summed E-state index contributed by atoms with van der Waals surface area (Å²) in [6.45, 7) is 0.852. The topological polar surface area (TPSA) is 104 Å². The van der Waals surface area contributed by atoms with Crippen LogP contribution in [0.15, 0.2) is 31.8 Å². The van der Waals surface area contributed by atoms with Crippen LogP contribution in [0.2, 0.25) is 0 Å². The highest BCUT2D eigenvalue weighted by molar-refractivity contribution is 7.89. The lowest BCUT2D eigenvalue weighted by Crippen LogP contribution is -2.18. The number of hydrogen-bond donors (Lipinski definition) is 3. The van der Waals surface area contributed by atoms with E-state index in [4.69, 9.17) is 4.42 Å². The maximum absolute atomic E-state index is 11.4. The van der Waals surface area contributed by atoms with Gasteiger partial charge >= 0.3 is 4.87 Å². The lowest BCUT2D eigenvalue weighted by molar-refractivity contribution is 0.400. The summed E-state index contributed by atoms with van der Waals surface area (Å²) in [6.07, 6.45) is 0. The van der Waals surface area contributed by atoms with Gasteiger partial charge in [0.2, 0.25) is 5.09 Å². The van der Waals surface area contributed by atoms with E-state index in [9.17, 15) is 13.2 Å². The Morgan fingerprint density at radius 1 is 1.37 bits per heavy atom. The molecule has 3 N–H and O–H groups in total. The minimum Gasteiger partial charge on any atom is -0.447 e. The molecule has 104 valence electrons. The van der Waals surface area contributed by atoms with Crippen LogP contribution < -0.4 is 14.9 Å². The number of thiazole rings is 1. The summed E-state index contributed by atoms with van der Waals surface area (Å²) >= 11 is 1.10. The summed E-state index contributed by atoms with van der Waals surface area (Å²) in [5.74, 6) is 0.506. The first-order valence-corrected chi connectivity index (χ1v) is 7.77. The van der Waals surface area contributed by atoms with Crippen LogP contribution >= 0.6 is 11.3 Å². The quantitative estimate of drug-likeness (QED) is 0.708. The maximum Gasteiger partial charge on any atom is 0.304 e. The van der Waals surface area contributed by atoms with Crippen molar-refractivity contribution < 1.29 is 12.8 Å². The van der Waals surface area contributed by atoms with Crippen molar-refractivity contribution in [3.63, 3.8) is 0 Å². The van der Waals surface area contributed by atoms with Gasteiger partial charge in [0.25, 0.3) is 10.0 Å². The monoisotopic (exact) mass is 303 g/mol. The number of aromatic amines is 1. The SMILES string of the molecule is CNS(=O)(=O)c1ccc(CNCc2csc(=O)[nH]2)o1. The number of rotatable bonds is 6. The van der Waals surface area contributed by atoms with E-state index in [2.05, 4.69) is 15.0 Å². The molecule has 2 heterocycles. The molecular formula is C10H13N3O4S2. The van der Waals surface area contributed by atoms with E-state index in [1.165, 1.54) is 13.1 Å². The molecule has 0 aliphatic rings. The molecule has 0 saturated heterocycles. The zero-order chi connectivity index (χ0) is 13.9. The Hall–Kier alpha value is -1.42. The van der Waals surface area contributed by atoms with Gasteiger partial charge in [0.15, 0.2) is 0 Å². The highest BCUT2D eigenvalue weighted by Crippen LogP contribution is 2.13. The maximum atomic E-state index is 11.4. The zero-order valence-corrected chi connectivity index (χ0v) is 11.7. The van der Waals surface area contributed by atoms with Gasteiger partial charge in [0.1, 0.15) is 5.76 Å². The summed E-state index contributed by atoms with van der Waals surface area (Å²) in [7, 11) is -2.22. The van der Waals surface area contributed by atoms with Crippen molar-refractivity contribution in [1.82, 2.24) is 15.0 Å². The third-order valence-electron chi connectivity index (χ3n) is 2.36. The molecule has 9 heteroatoms. The van der Waals surface area contributed by atoms with Gasteiger partial charge in [-0.1, -0.05) is 11.3 Å². The fourth-order valence-electron chi connectivity index (χ4n) is 1.42. The van der Waals surface area contributed by atoms with Crippen LogP contribution in [0, 0.1) is 0 Å². The molecule has 0 aliphatic heterocycles. The van der Waals surface area contributed by atoms with Gasteiger partial charge in [-0.2, -0.15) is 0 Å². The molecule has 2 rings (SSSR count). The standard InChI is InChI=1S/C10H13N3O4S2/c1-11-19(15,16)9-3-2-8(17-9)5-12-4-7-6-18-10(14)13-7/h2-3,6,11-12H,4-5H2,1H3,(H,13,14). The minimum atomic E-state index is -3.54. The Morgan fingerprint density at radius 2 is 2.16 bits per heavy atom. The van der Waals surface area contributed by atoms with E-state index in [0.29, 0.717) is 18.8 Å². The van der Waals surface area contributed by atoms with Crippen LogP contribution in [-0.2, 0) is 23.1 Å². The van der Waals surface area contributed by atoms with Gasteiger partial charge in [-0.05, 0) is 19.2 Å². The molecular weight excluding hydrogens is 290 g/mol. The highest BCUT2D eigenvalue weighted by atomic mass is 32.2. The lowest BCUT2D eigenvalue weighted by atomic mass is 10.4. The average molecular weight is 303 g/mol. The number of furan rings is 1. The van der Waals surface area contributed by atoms with Crippen molar-refractivity contribution in [2.75, 3.05) is 7.05 Å². The van der Waals surface area contributed by atoms with Crippen molar-refractivity contribution in [3.8, 4) is 0 Å². The van der Waals surface area contributed by atoms with E-state index < -0.39 is 10.0 Å². The van der Waals surface area contributed by atoms with E-state index in [0.717, 1.165) is 17.0 Å². The fraction of sp³-hybridized carbons (Fsp3) is 0.300. The largest absolute Gasteiger partial charge is 0.447 e. The van der Waals surface area contributed by atoms with Gasteiger partial charge in [-0.25, -0.2) is 13.1 Å². The molecule has 0 fully saturated rings. The van der Waals surface area contributed by atoms with Crippen molar-refractivity contribution in [3.05, 3.63) is 38.6 Å². The normalized spacial score (nSPS) is 11.8. The molecule has 0 aromatic carbocycles. The predicted molar refractivity (Wildman–Crippen MR) is 70.4 cm³/mol. The molecule has 0 amide bonds. The molecule has 0 saturated carbocycles. The Morgan fingerprint density at radius 3 is 2.79 bits per heavy atom. The van der Waals surface area contributed by atoms with Crippen molar-refractivity contribution >= 4 is 21.4 Å². The van der Waals surface area contributed by atoms with Crippen LogP contribution in [0.4, 0.5) is 0 Å². The average Bonchev–Trinajstić information content (AvgIpc) is 2.99. The summed E-state index contributed by atoms with van der Waals surface area (Å²) in [4.78, 5) is 13.5. The molecule has 19 heavy (non-hydrogen) atoms. The summed E-state index contributed by atoms with van der Waals surface area (Å²) in [5, 5.41) is 4.66. The first-order valence-electron chi connectivity index (χ1n) is 5.41. The van der Waals surface area contributed by atoms with Crippen LogP contribution in [0.25, 0.3) is 0 Å². The predicted octanol–water partition coefficient (Wildman–Crippen LogP) is 0.227. The molecule has 2 aromatic heterocycles. The second kappa shape index (κ2) is 5.70. The van der Waals surface area contributed by atoms with Crippen LogP contribution in [0.3, 0.4) is 0 Å². The van der Waals surface area contributed by atoms with E-state index in [1.54, 1.807) is 11.4 Å². The Kier molecular flexibility index (Phi) is 4.20. The Labute approximate surface area is 113 Å². The minimum absolute atomic E-state index is 0.0998. The lowest BCUT2D eigenvalue weighted by Gasteiger charge is -2.00. The molecule has 0 bridgehead atoms. The van der Waals surface area contributed by atoms with Crippen molar-refractivity contribution in [2.24, 2.45) is 0 Å². The molecule has 0 radical (unpaired) electrons. The molecule has 0 atom stereocenters. The van der Waals surface area contributed by atoms with Crippen LogP contribution in [0.5, 0.6) is 0 Å². The van der Waals surface area contributed by atoms with Gasteiger partial charge in [0, 0.05) is 17.6 Å². The summed E-state index contributed by atoms with van der Waals surface area (Å²) in [6, 6.07) is 2.99. The van der Waals surface area contributed by atoms with Gasteiger partial charge < -0.3 is 14.7 Å². The van der Waals surface area contributed by atoms with Crippen molar-refractivity contribution in [1.29, 1.82) is 0 Å². The summed E-state index contributed by atoms with van der Waals surface area (Å²) in [5.41, 5.74) is 0.782. The van der Waals surface area contributed by atoms with Crippen LogP contribution in [0.1, 0.15) is 11.5 Å². The van der Waals surface area contributed by atoms with Gasteiger partial charge in [0.05, 0.1) is 6.54 Å². The molecule has 0 aliphatic carbocycles. The van der Waals surface area contributed by atoms with Gasteiger partial charge in [-0.15, -0.1) is 0 Å². The Balaban J connectivity index is 1.92. The van der Waals surface area contributed by atoms with E-state index in [1.807, 2.05) is 0 Å². The smallest absolute Gasteiger partial charge is 0.304 e. The number of aromatic nitrogens is 1. The number of H-pyrrole nitrogens is 1. The molecule has 2 aromatic rings. The van der Waals surface area contributed by atoms with E-state index in [-0.39, 0.29) is 9.97 Å². The third kappa shape index (κ3) is 3.53. The van der Waals surface area contributed by atoms with Crippen LogP contribution in [-0.4, -0.2) is 20.4 Å². The first-order chi connectivity index (χ1) is 9.01. The zero-order valence-electron chi connectivity index (χ0n) is 10.1.